The van der Waals surface area contributed by atoms with Crippen molar-refractivity contribution in [3.8, 4) is 22.5 Å². The van der Waals surface area contributed by atoms with E-state index in [1.54, 1.807) is 12.1 Å². The third kappa shape index (κ3) is 13.3. The molecule has 20 atom stereocenters. The maximum atomic E-state index is 14.6. The van der Waals surface area contributed by atoms with Gasteiger partial charge in [0, 0.05) is 18.1 Å². The molecule has 12 unspecified atom stereocenters. The molecule has 1 amide bonds. The van der Waals surface area contributed by atoms with Crippen molar-refractivity contribution >= 4 is 11.9 Å². The average molecular weight is 1120 g/mol. The van der Waals surface area contributed by atoms with Crippen LogP contribution in [0.1, 0.15) is 77.3 Å². The molecule has 25 nitrogen and oxygen atoms in total. The normalized spacial score (nSPS) is 35.9. The molecule has 0 bridgehead atoms. The summed E-state index contributed by atoms with van der Waals surface area (Å²) in [5.74, 6) is -3.79. The first kappa shape index (κ1) is 58.6. The predicted molar refractivity (Wildman–Crippen MR) is 264 cm³/mol. The number of ether oxygens (including phenoxy) is 7. The summed E-state index contributed by atoms with van der Waals surface area (Å²) in [5, 5.41) is 119. The molecule has 27 heteroatoms. The molecule has 5 heterocycles. The van der Waals surface area contributed by atoms with E-state index in [2.05, 4.69) is 25.9 Å². The summed E-state index contributed by atoms with van der Waals surface area (Å²) in [4.78, 5) is 26.0. The summed E-state index contributed by atoms with van der Waals surface area (Å²) in [6, 6.07) is 7.27. The van der Waals surface area contributed by atoms with Crippen LogP contribution in [0.15, 0.2) is 60.9 Å². The van der Waals surface area contributed by atoms with E-state index < -0.39 is 159 Å². The highest BCUT2D eigenvalue weighted by molar-refractivity contribution is 5.73. The number of benzene rings is 2. The highest BCUT2D eigenvalue weighted by Gasteiger charge is 2.54. The Morgan fingerprint density at radius 3 is 1.96 bits per heavy atom. The van der Waals surface area contributed by atoms with Crippen LogP contribution < -0.4 is 5.32 Å². The van der Waals surface area contributed by atoms with Gasteiger partial charge in [0.1, 0.15) is 96.1 Å². The number of aromatic nitrogens is 6. The maximum Gasteiger partial charge on any atom is 0.332 e. The molecule has 4 aromatic rings. The second kappa shape index (κ2) is 25.8. The lowest BCUT2D eigenvalue weighted by Crippen LogP contribution is -2.67. The van der Waals surface area contributed by atoms with Gasteiger partial charge in [0.05, 0.1) is 50.5 Å². The smallest absolute Gasteiger partial charge is 0.332 e. The Morgan fingerprint density at radius 2 is 1.34 bits per heavy atom. The van der Waals surface area contributed by atoms with Gasteiger partial charge in [-0.25, -0.2) is 22.9 Å². The molecule has 5 aliphatic rings. The standard InChI is InChI=1S/C52H69F2N7O18/c1-24-41(65)45(69)46(70)52(74-24)79-47-34(60-19-32(56-58-60)28-10-6-12-30(53)17-28)14-27(23-73-51-44(68)40(42(66)37(21-62)78-51)61-20-33(57-59-61)29-11-7-13-31(54)18-29)16-35(47)76-50-39(55-25(2)64)48(43(67)38(22-63)77-50)75-36(49(71)72)15-26-8-4-3-5-9-26/h6-7,10-13,17-20,24,26-27,34-48,50-52,62-63,65-70H,3-5,8-9,14-16,21-23H2,1-2H3,(H,55,64)(H,71,72)/t24?,27?,34?,35-,36+,37?,38?,39?,40?,41-,42-,43+,44?,45?,46?,47?,48?,50-,51+,52+/m1/s1. The number of nitrogens with zero attached hydrogens (tertiary/aromatic N) is 6. The monoisotopic (exact) mass is 1120 g/mol. The second-order valence-electron chi connectivity index (χ2n) is 21.2. The summed E-state index contributed by atoms with van der Waals surface area (Å²) in [6.45, 7) is 0.778. The zero-order valence-electron chi connectivity index (χ0n) is 43.3. The Kier molecular flexibility index (Phi) is 19.1. The predicted octanol–water partition coefficient (Wildman–Crippen LogP) is 0.119. The summed E-state index contributed by atoms with van der Waals surface area (Å²) in [5.41, 5.74) is 1.12. The molecule has 2 saturated carbocycles. The number of hydrogen-bond donors (Lipinski definition) is 10. The molecule has 79 heavy (non-hydrogen) atoms. The molecule has 2 aliphatic carbocycles. The third-order valence-corrected chi connectivity index (χ3v) is 15.6. The molecule has 2 aromatic carbocycles. The number of aliphatic hydroxyl groups excluding tert-OH is 8. The van der Waals surface area contributed by atoms with E-state index >= 15 is 0 Å². The number of carboxylic acids is 1. The first-order valence-corrected chi connectivity index (χ1v) is 26.6. The zero-order valence-corrected chi connectivity index (χ0v) is 43.3. The summed E-state index contributed by atoms with van der Waals surface area (Å²) >= 11 is 0. The molecule has 434 valence electrons. The maximum absolute atomic E-state index is 14.6. The van der Waals surface area contributed by atoms with Gasteiger partial charge < -0.3 is 84.4 Å². The van der Waals surface area contributed by atoms with E-state index in [1.807, 2.05) is 0 Å². The van der Waals surface area contributed by atoms with Crippen molar-refractivity contribution < 1.29 is 97.5 Å². The fourth-order valence-electron chi connectivity index (χ4n) is 11.5. The fraction of sp³-hybridized carbons (Fsp3) is 0.654. The Morgan fingerprint density at radius 1 is 0.722 bits per heavy atom. The number of carboxylic acid groups (broad SMARTS) is 1. The first-order chi connectivity index (χ1) is 37.9. The minimum absolute atomic E-state index is 0.00585. The minimum Gasteiger partial charge on any atom is -0.479 e. The minimum atomic E-state index is -1.85. The molecule has 3 aliphatic heterocycles. The van der Waals surface area contributed by atoms with Gasteiger partial charge in [0.15, 0.2) is 25.0 Å². The fourth-order valence-corrected chi connectivity index (χ4v) is 11.5. The highest BCUT2D eigenvalue weighted by Crippen LogP contribution is 2.42. The van der Waals surface area contributed by atoms with Crippen LogP contribution in [0, 0.1) is 23.5 Å². The van der Waals surface area contributed by atoms with Gasteiger partial charge in [-0.15, -0.1) is 10.2 Å². The Labute approximate surface area is 451 Å². The van der Waals surface area contributed by atoms with E-state index in [0.717, 1.165) is 36.8 Å². The lowest BCUT2D eigenvalue weighted by Gasteiger charge is -2.49. The third-order valence-electron chi connectivity index (χ3n) is 15.6. The number of nitrogens with one attached hydrogen (secondary N) is 1. The molecule has 3 saturated heterocycles. The zero-order chi connectivity index (χ0) is 56.2. The number of carbonyl (C=O) groups is 2. The number of carbonyl (C=O) groups excluding carboxylic acids is 1. The molecular formula is C52H69F2N7O18. The topological polar surface area (TPSA) is 354 Å². The van der Waals surface area contributed by atoms with Crippen LogP contribution >= 0.6 is 0 Å². The van der Waals surface area contributed by atoms with Gasteiger partial charge in [-0.3, -0.25) is 4.79 Å². The van der Waals surface area contributed by atoms with Crippen molar-refractivity contribution in [2.75, 3.05) is 19.8 Å². The summed E-state index contributed by atoms with van der Waals surface area (Å²) in [6.07, 6.45) is -17.3. The Bertz CT molecular complexity index is 2650. The van der Waals surface area contributed by atoms with Gasteiger partial charge in [0.2, 0.25) is 5.91 Å². The van der Waals surface area contributed by atoms with Gasteiger partial charge in [0.25, 0.3) is 0 Å². The number of rotatable bonds is 19. The van der Waals surface area contributed by atoms with E-state index in [-0.39, 0.29) is 43.2 Å². The molecule has 0 spiro atoms. The molecular weight excluding hydrogens is 1050 g/mol. The number of amides is 1. The number of aliphatic carboxylic acids is 1. The van der Waals surface area contributed by atoms with Crippen molar-refractivity contribution in [1.29, 1.82) is 0 Å². The van der Waals surface area contributed by atoms with Crippen LogP contribution in [0.5, 0.6) is 0 Å². The van der Waals surface area contributed by atoms with Gasteiger partial charge in [-0.1, -0.05) is 66.8 Å². The average Bonchev–Trinajstić information content (AvgIpc) is 4.27. The second-order valence-corrected chi connectivity index (χ2v) is 21.2. The van der Waals surface area contributed by atoms with Crippen molar-refractivity contribution in [3.63, 3.8) is 0 Å². The van der Waals surface area contributed by atoms with Crippen molar-refractivity contribution in [3.05, 3.63) is 72.6 Å². The van der Waals surface area contributed by atoms with Crippen LogP contribution in [0.2, 0.25) is 0 Å². The van der Waals surface area contributed by atoms with E-state index in [9.17, 15) is 64.3 Å². The van der Waals surface area contributed by atoms with Gasteiger partial charge >= 0.3 is 5.97 Å². The van der Waals surface area contributed by atoms with E-state index in [1.165, 1.54) is 67.3 Å². The lowest BCUT2D eigenvalue weighted by molar-refractivity contribution is -0.339. The summed E-state index contributed by atoms with van der Waals surface area (Å²) < 4.78 is 75.5. The van der Waals surface area contributed by atoms with Crippen molar-refractivity contribution in [2.24, 2.45) is 11.8 Å². The number of aliphatic hydroxyl groups is 8. The highest BCUT2D eigenvalue weighted by atomic mass is 19.1. The van der Waals surface area contributed by atoms with E-state index in [4.69, 9.17) is 33.2 Å². The Hall–Kier alpha value is -5.08. The van der Waals surface area contributed by atoms with Gasteiger partial charge in [-0.05, 0) is 62.3 Å². The van der Waals surface area contributed by atoms with Gasteiger partial charge in [-0.2, -0.15) is 0 Å². The molecule has 9 rings (SSSR count). The van der Waals surface area contributed by atoms with Crippen molar-refractivity contribution in [2.45, 2.75) is 182 Å². The quantitative estimate of drug-likeness (QED) is 0.0596. The molecule has 10 N–H and O–H groups in total. The SMILES string of the molecule is CC(=O)NC1C(O[C@@H](CC2CCCCC2)C(=O)O)[C@@H](O)C(CO)O[C@H]1O[C@@H]1CC(CO[C@H]2OC(CO)[C@@H](O)C(n3cc(-c4cccc(F)c4)nn3)C2O)CC(n2cc(-c3cccc(F)c3)nn2)C1O[C@@H]1OC(C)[C@@H](O)C(O)C1O. The number of halogens is 2. The largest absolute Gasteiger partial charge is 0.479 e. The van der Waals surface area contributed by atoms with Crippen LogP contribution in [0.25, 0.3) is 22.5 Å². The molecule has 0 radical (unpaired) electrons. The lowest BCUT2D eigenvalue weighted by atomic mass is 9.81. The molecule has 5 fully saturated rings. The summed E-state index contributed by atoms with van der Waals surface area (Å²) in [7, 11) is 0. The van der Waals surface area contributed by atoms with E-state index in [0.29, 0.717) is 11.1 Å². The van der Waals surface area contributed by atoms with Crippen LogP contribution in [0.4, 0.5) is 8.78 Å². The van der Waals surface area contributed by atoms with Crippen LogP contribution in [-0.2, 0) is 42.7 Å². The number of hydrogen-bond acceptors (Lipinski definition) is 21. The van der Waals surface area contributed by atoms with Crippen molar-refractivity contribution in [1.82, 2.24) is 35.3 Å². The first-order valence-electron chi connectivity index (χ1n) is 26.6. The Balaban J connectivity index is 1.07. The van der Waals surface area contributed by atoms with Crippen LogP contribution in [0.3, 0.4) is 0 Å². The van der Waals surface area contributed by atoms with Crippen LogP contribution in [-0.4, -0.2) is 212 Å². The molecule has 2 aromatic heterocycles.